The van der Waals surface area contributed by atoms with Gasteiger partial charge in [0.2, 0.25) is 11.8 Å². The molecule has 1 heterocycles. The molecule has 1 aliphatic carbocycles. The van der Waals surface area contributed by atoms with Crippen molar-refractivity contribution in [1.82, 2.24) is 5.32 Å². The van der Waals surface area contributed by atoms with E-state index in [1.807, 2.05) is 0 Å². The van der Waals surface area contributed by atoms with Crippen molar-refractivity contribution in [3.8, 4) is 0 Å². The van der Waals surface area contributed by atoms with Crippen LogP contribution in [0.1, 0.15) is 32.1 Å². The van der Waals surface area contributed by atoms with Gasteiger partial charge in [0.1, 0.15) is 5.25 Å². The molecule has 2 fully saturated rings. The highest BCUT2D eigenvalue weighted by Crippen LogP contribution is 2.27. The number of amides is 2. The molecule has 1 atom stereocenters. The Morgan fingerprint density at radius 3 is 2.88 bits per heavy atom. The summed E-state index contributed by atoms with van der Waals surface area (Å²) in [6.07, 6.45) is 4.39. The number of nitro groups is 1. The highest BCUT2D eigenvalue weighted by Gasteiger charge is 2.32. The second-order valence-electron chi connectivity index (χ2n) is 6.03. The van der Waals surface area contributed by atoms with Gasteiger partial charge in [-0.3, -0.25) is 24.7 Å². The van der Waals surface area contributed by atoms with Crippen molar-refractivity contribution in [3.63, 3.8) is 0 Å². The molecular formula is C16H18N4O4S. The molecule has 0 spiro atoms. The van der Waals surface area contributed by atoms with E-state index in [1.165, 1.54) is 30.0 Å². The Kier molecular flexibility index (Phi) is 5.32. The molecule has 2 amide bonds. The van der Waals surface area contributed by atoms with Gasteiger partial charge in [-0.05, 0) is 18.9 Å². The lowest BCUT2D eigenvalue weighted by molar-refractivity contribution is -0.384. The Hall–Kier alpha value is -2.42. The molecule has 1 aliphatic heterocycles. The summed E-state index contributed by atoms with van der Waals surface area (Å²) in [7, 11) is 0. The first-order chi connectivity index (χ1) is 12.0. The summed E-state index contributed by atoms with van der Waals surface area (Å²) in [5, 5.41) is 16.1. The number of nitro benzene ring substituents is 1. The van der Waals surface area contributed by atoms with Gasteiger partial charge in [0.05, 0.1) is 11.0 Å². The van der Waals surface area contributed by atoms with Crippen LogP contribution in [-0.4, -0.2) is 33.2 Å². The van der Waals surface area contributed by atoms with Crippen molar-refractivity contribution >= 4 is 40.1 Å². The number of non-ortho nitro benzene ring substituents is 1. The molecule has 3 rings (SSSR count). The molecule has 0 radical (unpaired) electrons. The summed E-state index contributed by atoms with van der Waals surface area (Å²) >= 11 is 1.27. The molecule has 25 heavy (non-hydrogen) atoms. The summed E-state index contributed by atoms with van der Waals surface area (Å²) in [4.78, 5) is 38.9. The Morgan fingerprint density at radius 2 is 2.16 bits per heavy atom. The predicted octanol–water partition coefficient (Wildman–Crippen LogP) is 2.45. The minimum Gasteiger partial charge on any atom is -0.326 e. The number of hydrogen-bond acceptors (Lipinski definition) is 6. The SMILES string of the molecule is O=C(CC1SC(=NC2CCCC2)NC1=O)Nc1cccc([N+](=O)[O-])c1. The van der Waals surface area contributed by atoms with Crippen LogP contribution < -0.4 is 10.6 Å². The molecule has 1 unspecified atom stereocenters. The summed E-state index contributed by atoms with van der Waals surface area (Å²) in [6.45, 7) is 0. The van der Waals surface area contributed by atoms with E-state index in [9.17, 15) is 19.7 Å². The van der Waals surface area contributed by atoms with Crippen LogP contribution in [0.15, 0.2) is 29.3 Å². The molecule has 8 nitrogen and oxygen atoms in total. The van der Waals surface area contributed by atoms with Crippen LogP contribution in [0.5, 0.6) is 0 Å². The first-order valence-electron chi connectivity index (χ1n) is 8.11. The smallest absolute Gasteiger partial charge is 0.271 e. The number of amidine groups is 1. The van der Waals surface area contributed by atoms with Gasteiger partial charge in [-0.25, -0.2) is 0 Å². The fourth-order valence-corrected chi connectivity index (χ4v) is 3.92. The van der Waals surface area contributed by atoms with Gasteiger partial charge in [-0.15, -0.1) is 0 Å². The summed E-state index contributed by atoms with van der Waals surface area (Å²) in [5.74, 6) is -0.591. The lowest BCUT2D eigenvalue weighted by Gasteiger charge is -2.07. The molecule has 2 N–H and O–H groups in total. The van der Waals surface area contributed by atoms with Crippen LogP contribution in [0.3, 0.4) is 0 Å². The average Bonchev–Trinajstić information content (AvgIpc) is 3.18. The number of nitrogens with zero attached hydrogens (tertiary/aromatic N) is 2. The van der Waals surface area contributed by atoms with E-state index < -0.39 is 10.2 Å². The van der Waals surface area contributed by atoms with Gasteiger partial charge in [-0.2, -0.15) is 0 Å². The molecule has 9 heteroatoms. The number of hydrogen-bond donors (Lipinski definition) is 2. The van der Waals surface area contributed by atoms with E-state index in [2.05, 4.69) is 15.6 Å². The predicted molar refractivity (Wildman–Crippen MR) is 95.6 cm³/mol. The number of benzene rings is 1. The minimum absolute atomic E-state index is 0.0110. The van der Waals surface area contributed by atoms with Crippen LogP contribution in [0, 0.1) is 10.1 Å². The first-order valence-corrected chi connectivity index (χ1v) is 8.99. The number of thioether (sulfide) groups is 1. The maximum atomic E-state index is 12.1. The number of anilines is 1. The molecule has 2 aliphatic rings. The number of aliphatic imine (C=N–C) groups is 1. The third kappa shape index (κ3) is 4.56. The Bertz CT molecular complexity index is 731. The monoisotopic (exact) mass is 362 g/mol. The zero-order chi connectivity index (χ0) is 17.8. The van der Waals surface area contributed by atoms with Gasteiger partial charge in [-0.1, -0.05) is 30.7 Å². The van der Waals surface area contributed by atoms with Gasteiger partial charge in [0.15, 0.2) is 5.17 Å². The van der Waals surface area contributed by atoms with E-state index in [0.29, 0.717) is 10.9 Å². The standard InChI is InChI=1S/C16H18N4O4S/c21-14(17-11-6-3-7-12(8-11)20(23)24)9-13-15(22)19-16(25-13)18-10-4-1-2-5-10/h3,6-8,10,13H,1-2,4-5,9H2,(H,17,21)(H,18,19,22). The molecule has 0 aromatic heterocycles. The van der Waals surface area contributed by atoms with Gasteiger partial charge >= 0.3 is 0 Å². The number of nitrogens with one attached hydrogen (secondary N) is 2. The number of carbonyl (C=O) groups is 2. The van der Waals surface area contributed by atoms with E-state index in [-0.39, 0.29) is 30.0 Å². The normalized spacial score (nSPS) is 22.2. The third-order valence-corrected chi connectivity index (χ3v) is 5.21. The van der Waals surface area contributed by atoms with Gasteiger partial charge in [0.25, 0.3) is 5.69 Å². The maximum absolute atomic E-state index is 12.1. The van der Waals surface area contributed by atoms with Crippen molar-refractivity contribution in [2.45, 2.75) is 43.4 Å². The lowest BCUT2D eigenvalue weighted by Crippen LogP contribution is -2.28. The summed E-state index contributed by atoms with van der Waals surface area (Å²) < 4.78 is 0. The van der Waals surface area contributed by atoms with Crippen molar-refractivity contribution in [1.29, 1.82) is 0 Å². The van der Waals surface area contributed by atoms with E-state index >= 15 is 0 Å². The maximum Gasteiger partial charge on any atom is 0.271 e. The van der Waals surface area contributed by atoms with E-state index in [4.69, 9.17) is 0 Å². The second kappa shape index (κ2) is 7.64. The molecule has 1 saturated heterocycles. The summed E-state index contributed by atoms with van der Waals surface area (Å²) in [6, 6.07) is 5.96. The Morgan fingerprint density at radius 1 is 1.40 bits per heavy atom. The highest BCUT2D eigenvalue weighted by molar-refractivity contribution is 8.15. The van der Waals surface area contributed by atoms with Crippen molar-refractivity contribution in [2.75, 3.05) is 5.32 Å². The fraction of sp³-hybridized carbons (Fsp3) is 0.438. The van der Waals surface area contributed by atoms with Crippen LogP contribution in [0.2, 0.25) is 0 Å². The number of rotatable bonds is 5. The van der Waals surface area contributed by atoms with Crippen molar-refractivity contribution in [2.24, 2.45) is 4.99 Å². The van der Waals surface area contributed by atoms with Gasteiger partial charge < -0.3 is 10.6 Å². The Balaban J connectivity index is 1.56. The first kappa shape index (κ1) is 17.4. The molecule has 1 aromatic rings. The largest absolute Gasteiger partial charge is 0.326 e. The van der Waals surface area contributed by atoms with Crippen LogP contribution in [0.25, 0.3) is 0 Å². The highest BCUT2D eigenvalue weighted by atomic mass is 32.2. The Labute approximate surface area is 148 Å². The minimum atomic E-state index is -0.529. The molecule has 0 bridgehead atoms. The van der Waals surface area contributed by atoms with Gasteiger partial charge in [0, 0.05) is 24.2 Å². The van der Waals surface area contributed by atoms with E-state index in [1.54, 1.807) is 6.07 Å². The van der Waals surface area contributed by atoms with E-state index in [0.717, 1.165) is 25.7 Å². The molecule has 1 saturated carbocycles. The quantitative estimate of drug-likeness (QED) is 0.617. The second-order valence-corrected chi connectivity index (χ2v) is 7.22. The third-order valence-electron chi connectivity index (χ3n) is 4.11. The molecule has 132 valence electrons. The topological polar surface area (TPSA) is 114 Å². The zero-order valence-corrected chi connectivity index (χ0v) is 14.3. The average molecular weight is 362 g/mol. The zero-order valence-electron chi connectivity index (χ0n) is 13.4. The fourth-order valence-electron chi connectivity index (χ4n) is 2.88. The summed E-state index contributed by atoms with van der Waals surface area (Å²) in [5.41, 5.74) is 0.235. The van der Waals surface area contributed by atoms with Crippen LogP contribution in [0.4, 0.5) is 11.4 Å². The van der Waals surface area contributed by atoms with Crippen LogP contribution >= 0.6 is 11.8 Å². The molecular weight excluding hydrogens is 344 g/mol. The lowest BCUT2D eigenvalue weighted by atomic mass is 10.2. The van der Waals surface area contributed by atoms with Crippen molar-refractivity contribution < 1.29 is 14.5 Å². The number of carbonyl (C=O) groups excluding carboxylic acids is 2. The molecule has 1 aromatic carbocycles. The van der Waals surface area contributed by atoms with Crippen LogP contribution in [-0.2, 0) is 9.59 Å². The van der Waals surface area contributed by atoms with Crippen molar-refractivity contribution in [3.05, 3.63) is 34.4 Å².